The molecule has 0 radical (unpaired) electrons. The maximum absolute atomic E-state index is 12.2. The Morgan fingerprint density at radius 3 is 2.89 bits per heavy atom. The summed E-state index contributed by atoms with van der Waals surface area (Å²) in [6.45, 7) is 0. The zero-order chi connectivity index (χ0) is 13.0. The van der Waals surface area contributed by atoms with Crippen LogP contribution in [0, 0.1) is 0 Å². The summed E-state index contributed by atoms with van der Waals surface area (Å²) in [4.78, 5) is 21.0. The van der Waals surface area contributed by atoms with Crippen molar-refractivity contribution in [3.8, 4) is 0 Å². The summed E-state index contributed by atoms with van der Waals surface area (Å²) in [6, 6.07) is -0.101. The molecule has 1 fully saturated rings. The van der Waals surface area contributed by atoms with Crippen LogP contribution in [0.1, 0.15) is 37.8 Å². The highest BCUT2D eigenvalue weighted by Crippen LogP contribution is 2.22. The number of H-pyrrole nitrogens is 1. The number of amides is 1. The van der Waals surface area contributed by atoms with Gasteiger partial charge in [-0.15, -0.1) is 0 Å². The Kier molecular flexibility index (Phi) is 4.36. The fourth-order valence-electron chi connectivity index (χ4n) is 2.63. The third-order valence-corrected chi connectivity index (χ3v) is 3.78. The normalized spacial score (nSPS) is 18.6. The van der Waals surface area contributed by atoms with Crippen molar-refractivity contribution < 1.29 is 4.79 Å². The molecule has 1 aromatic rings. The van der Waals surface area contributed by atoms with E-state index in [1.165, 1.54) is 19.3 Å². The number of hydrogen-bond donors (Lipinski definition) is 2. The maximum Gasteiger partial charge on any atom is 0.239 e. The number of nitrogens with one attached hydrogen (secondary N) is 1. The molecule has 1 heterocycles. The molecule has 2 rings (SSSR count). The largest absolute Gasteiger partial charge is 0.348 e. The van der Waals surface area contributed by atoms with Gasteiger partial charge in [-0.2, -0.15) is 0 Å². The molecule has 5 heteroatoms. The van der Waals surface area contributed by atoms with Crippen LogP contribution in [0.25, 0.3) is 0 Å². The summed E-state index contributed by atoms with van der Waals surface area (Å²) < 4.78 is 0. The number of carbonyl (C=O) groups excluding carboxylic acids is 1. The van der Waals surface area contributed by atoms with E-state index in [-0.39, 0.29) is 5.91 Å². The van der Waals surface area contributed by atoms with Crippen LogP contribution < -0.4 is 5.73 Å². The molecule has 100 valence electrons. The highest BCUT2D eigenvalue weighted by atomic mass is 16.2. The number of hydrogen-bond acceptors (Lipinski definition) is 3. The molecule has 0 saturated heterocycles. The molecule has 0 aliphatic heterocycles. The average Bonchev–Trinajstić information content (AvgIpc) is 2.91. The molecule has 5 nitrogen and oxygen atoms in total. The summed E-state index contributed by atoms with van der Waals surface area (Å²) in [5, 5.41) is 0. The number of rotatable bonds is 4. The third kappa shape index (κ3) is 3.10. The van der Waals surface area contributed by atoms with Crippen LogP contribution in [0.15, 0.2) is 12.5 Å². The van der Waals surface area contributed by atoms with Gasteiger partial charge in [0.15, 0.2) is 0 Å². The molecule has 1 aliphatic carbocycles. The Labute approximate surface area is 108 Å². The second kappa shape index (κ2) is 6.00. The van der Waals surface area contributed by atoms with Crippen molar-refractivity contribution in [1.82, 2.24) is 14.9 Å². The van der Waals surface area contributed by atoms with Gasteiger partial charge >= 0.3 is 0 Å². The van der Waals surface area contributed by atoms with Gasteiger partial charge in [0, 0.05) is 31.4 Å². The molecular formula is C13H22N4O. The van der Waals surface area contributed by atoms with Crippen molar-refractivity contribution in [1.29, 1.82) is 0 Å². The number of aromatic amines is 1. The fourth-order valence-corrected chi connectivity index (χ4v) is 2.63. The summed E-state index contributed by atoms with van der Waals surface area (Å²) in [5.41, 5.74) is 6.89. The molecule has 3 N–H and O–H groups in total. The molecule has 1 saturated carbocycles. The van der Waals surface area contributed by atoms with Crippen LogP contribution in [0.4, 0.5) is 0 Å². The maximum atomic E-state index is 12.2. The lowest BCUT2D eigenvalue weighted by Gasteiger charge is -2.32. The van der Waals surface area contributed by atoms with Gasteiger partial charge in [0.05, 0.1) is 12.4 Å². The van der Waals surface area contributed by atoms with E-state index < -0.39 is 6.04 Å². The van der Waals surface area contributed by atoms with Crippen molar-refractivity contribution in [2.24, 2.45) is 5.73 Å². The van der Waals surface area contributed by atoms with E-state index in [1.807, 2.05) is 11.9 Å². The zero-order valence-corrected chi connectivity index (χ0v) is 10.9. The lowest BCUT2D eigenvalue weighted by molar-refractivity contribution is -0.133. The first-order chi connectivity index (χ1) is 8.68. The van der Waals surface area contributed by atoms with Gasteiger partial charge in [-0.25, -0.2) is 4.98 Å². The summed E-state index contributed by atoms with van der Waals surface area (Å²) >= 11 is 0. The molecule has 0 spiro atoms. The van der Waals surface area contributed by atoms with Gasteiger partial charge in [-0.3, -0.25) is 4.79 Å². The van der Waals surface area contributed by atoms with Crippen LogP contribution in [-0.4, -0.2) is 39.9 Å². The van der Waals surface area contributed by atoms with Crippen LogP contribution in [0.5, 0.6) is 0 Å². The lowest BCUT2D eigenvalue weighted by atomic mass is 9.94. The van der Waals surface area contributed by atoms with Crippen molar-refractivity contribution in [3.63, 3.8) is 0 Å². The minimum Gasteiger partial charge on any atom is -0.348 e. The van der Waals surface area contributed by atoms with Gasteiger partial charge in [0.2, 0.25) is 5.91 Å². The quantitative estimate of drug-likeness (QED) is 0.839. The minimum absolute atomic E-state index is 0.0384. The number of aromatic nitrogens is 2. The third-order valence-electron chi connectivity index (χ3n) is 3.78. The van der Waals surface area contributed by atoms with E-state index in [0.717, 1.165) is 18.5 Å². The first kappa shape index (κ1) is 13.1. The zero-order valence-electron chi connectivity index (χ0n) is 10.9. The second-order valence-corrected chi connectivity index (χ2v) is 5.13. The highest BCUT2D eigenvalue weighted by Gasteiger charge is 2.26. The summed E-state index contributed by atoms with van der Waals surface area (Å²) in [6.07, 6.45) is 9.80. The van der Waals surface area contributed by atoms with Gasteiger partial charge in [-0.1, -0.05) is 19.3 Å². The van der Waals surface area contributed by atoms with E-state index in [4.69, 9.17) is 5.73 Å². The number of imidazole rings is 1. The standard InChI is InChI=1S/C13H22N4O/c1-17(11-5-3-2-4-6-11)13(18)12(14)7-10-8-15-9-16-10/h8-9,11-12H,2-7,14H2,1H3,(H,15,16). The molecule has 0 bridgehead atoms. The first-order valence-electron chi connectivity index (χ1n) is 6.68. The number of carbonyl (C=O) groups is 1. The monoisotopic (exact) mass is 250 g/mol. The van der Waals surface area contributed by atoms with E-state index >= 15 is 0 Å². The van der Waals surface area contributed by atoms with E-state index in [1.54, 1.807) is 12.5 Å². The minimum atomic E-state index is -0.475. The summed E-state index contributed by atoms with van der Waals surface area (Å²) in [7, 11) is 1.88. The predicted octanol–water partition coefficient (Wildman–Crippen LogP) is 1.07. The highest BCUT2D eigenvalue weighted by molar-refractivity contribution is 5.82. The Hall–Kier alpha value is -1.36. The van der Waals surface area contributed by atoms with Crippen molar-refractivity contribution in [2.45, 2.75) is 50.6 Å². The molecule has 1 amide bonds. The molecule has 1 aromatic heterocycles. The molecule has 1 aliphatic rings. The Morgan fingerprint density at radius 1 is 1.56 bits per heavy atom. The summed E-state index contributed by atoms with van der Waals surface area (Å²) in [5.74, 6) is 0.0384. The topological polar surface area (TPSA) is 75.0 Å². The van der Waals surface area contributed by atoms with E-state index in [2.05, 4.69) is 9.97 Å². The van der Waals surface area contributed by atoms with E-state index in [9.17, 15) is 4.79 Å². The van der Waals surface area contributed by atoms with Crippen molar-refractivity contribution in [2.75, 3.05) is 7.05 Å². The Bertz CT molecular complexity index is 370. The Morgan fingerprint density at radius 2 is 2.28 bits per heavy atom. The number of nitrogens with zero attached hydrogens (tertiary/aromatic N) is 2. The van der Waals surface area contributed by atoms with Crippen molar-refractivity contribution in [3.05, 3.63) is 18.2 Å². The molecular weight excluding hydrogens is 228 g/mol. The average molecular weight is 250 g/mol. The fraction of sp³-hybridized carbons (Fsp3) is 0.692. The predicted molar refractivity (Wildman–Crippen MR) is 69.9 cm³/mol. The molecule has 0 aromatic carbocycles. The molecule has 1 unspecified atom stereocenters. The van der Waals surface area contributed by atoms with Gasteiger partial charge in [0.25, 0.3) is 0 Å². The number of likely N-dealkylation sites (N-methyl/N-ethyl adjacent to an activating group) is 1. The molecule has 18 heavy (non-hydrogen) atoms. The van der Waals surface area contributed by atoms with Gasteiger partial charge < -0.3 is 15.6 Å². The van der Waals surface area contributed by atoms with Crippen molar-refractivity contribution >= 4 is 5.91 Å². The van der Waals surface area contributed by atoms with E-state index in [0.29, 0.717) is 12.5 Å². The van der Waals surface area contributed by atoms with Gasteiger partial charge in [-0.05, 0) is 12.8 Å². The van der Waals surface area contributed by atoms with Gasteiger partial charge in [0.1, 0.15) is 0 Å². The Balaban J connectivity index is 1.88. The number of nitrogens with two attached hydrogens (primary N) is 1. The van der Waals surface area contributed by atoms with Crippen LogP contribution in [-0.2, 0) is 11.2 Å². The van der Waals surface area contributed by atoms with Crippen LogP contribution >= 0.6 is 0 Å². The second-order valence-electron chi connectivity index (χ2n) is 5.13. The van der Waals surface area contributed by atoms with Crippen LogP contribution in [0.2, 0.25) is 0 Å². The first-order valence-corrected chi connectivity index (χ1v) is 6.68. The molecule has 1 atom stereocenters. The SMILES string of the molecule is CN(C(=O)C(N)Cc1cnc[nH]1)C1CCCCC1. The lowest BCUT2D eigenvalue weighted by Crippen LogP contribution is -2.48. The smallest absolute Gasteiger partial charge is 0.239 e. The van der Waals surface area contributed by atoms with Crippen LogP contribution in [0.3, 0.4) is 0 Å².